The van der Waals surface area contributed by atoms with Crippen molar-refractivity contribution in [3.8, 4) is 0 Å². The lowest BCUT2D eigenvalue weighted by Crippen LogP contribution is -2.39. The fourth-order valence-electron chi connectivity index (χ4n) is 1.95. The highest BCUT2D eigenvalue weighted by atomic mass is 79.9. The second kappa shape index (κ2) is 8.67. The van der Waals surface area contributed by atoms with Crippen molar-refractivity contribution in [1.82, 2.24) is 10.6 Å². The van der Waals surface area contributed by atoms with Gasteiger partial charge < -0.3 is 15.7 Å². The number of hydrogen-bond acceptors (Lipinski definition) is 2. The van der Waals surface area contributed by atoms with E-state index >= 15 is 0 Å². The van der Waals surface area contributed by atoms with Crippen LogP contribution in [0.25, 0.3) is 0 Å². The summed E-state index contributed by atoms with van der Waals surface area (Å²) in [4.78, 5) is 22.5. The summed E-state index contributed by atoms with van der Waals surface area (Å²) in [5.74, 6) is -0.888. The van der Waals surface area contributed by atoms with E-state index in [1.54, 1.807) is 0 Å². The zero-order chi connectivity index (χ0) is 15.8. The molecule has 0 radical (unpaired) electrons. The largest absolute Gasteiger partial charge is 0.481 e. The number of aliphatic carboxylic acids is 1. The number of carboxylic acids is 1. The summed E-state index contributed by atoms with van der Waals surface area (Å²) in [6.45, 7) is 4.17. The molecule has 0 heterocycles. The van der Waals surface area contributed by atoms with E-state index in [1.807, 2.05) is 38.1 Å². The molecule has 2 amide bonds. The zero-order valence-electron chi connectivity index (χ0n) is 12.2. The van der Waals surface area contributed by atoms with Crippen LogP contribution >= 0.6 is 15.9 Å². The third-order valence-electron chi connectivity index (χ3n) is 3.29. The predicted molar refractivity (Wildman–Crippen MR) is 85.1 cm³/mol. The molecule has 0 bridgehead atoms. The molecule has 1 rings (SSSR count). The molecule has 116 valence electrons. The van der Waals surface area contributed by atoms with E-state index in [0.29, 0.717) is 13.0 Å². The van der Waals surface area contributed by atoms with E-state index in [1.165, 1.54) is 0 Å². The average Bonchev–Trinajstić information content (AvgIpc) is 2.43. The molecular formula is C15H21BrN2O3. The Morgan fingerprint density at radius 1 is 1.38 bits per heavy atom. The third-order valence-corrected chi connectivity index (χ3v) is 3.78. The second-order valence-electron chi connectivity index (χ2n) is 5.00. The van der Waals surface area contributed by atoms with Gasteiger partial charge in [0.2, 0.25) is 0 Å². The standard InChI is InChI=1S/C15H21BrN2O3/c1-3-11(7-14(19)20)9-17-15(21)18-10(2)12-5-4-6-13(16)8-12/h4-6,8,10-11H,3,7,9H2,1-2H3,(H,19,20)(H2,17,18,21). The summed E-state index contributed by atoms with van der Waals surface area (Å²) in [6.07, 6.45) is 0.783. The Labute approximate surface area is 133 Å². The first-order chi connectivity index (χ1) is 9.92. The SMILES string of the molecule is CCC(CNC(=O)NC(C)c1cccc(Br)c1)CC(=O)O. The fraction of sp³-hybridized carbons (Fsp3) is 0.467. The first-order valence-electron chi connectivity index (χ1n) is 6.94. The molecule has 0 spiro atoms. The lowest BCUT2D eigenvalue weighted by molar-refractivity contribution is -0.138. The van der Waals surface area contributed by atoms with Crippen LogP contribution in [0.3, 0.4) is 0 Å². The number of amides is 2. The van der Waals surface area contributed by atoms with Crippen LogP contribution in [0.2, 0.25) is 0 Å². The van der Waals surface area contributed by atoms with Gasteiger partial charge in [-0.05, 0) is 30.5 Å². The molecule has 0 fully saturated rings. The molecular weight excluding hydrogens is 336 g/mol. The number of hydrogen-bond donors (Lipinski definition) is 3. The van der Waals surface area contributed by atoms with Gasteiger partial charge >= 0.3 is 12.0 Å². The third kappa shape index (κ3) is 6.62. The second-order valence-corrected chi connectivity index (χ2v) is 5.92. The summed E-state index contributed by atoms with van der Waals surface area (Å²) >= 11 is 3.39. The van der Waals surface area contributed by atoms with Crippen molar-refractivity contribution in [2.45, 2.75) is 32.7 Å². The quantitative estimate of drug-likeness (QED) is 0.701. The number of carbonyl (C=O) groups excluding carboxylic acids is 1. The highest BCUT2D eigenvalue weighted by Crippen LogP contribution is 2.17. The Morgan fingerprint density at radius 3 is 2.67 bits per heavy atom. The van der Waals surface area contributed by atoms with E-state index in [2.05, 4.69) is 26.6 Å². The molecule has 0 saturated carbocycles. The fourth-order valence-corrected chi connectivity index (χ4v) is 2.37. The minimum Gasteiger partial charge on any atom is -0.481 e. The number of halogens is 1. The Balaban J connectivity index is 2.44. The van der Waals surface area contributed by atoms with Crippen LogP contribution < -0.4 is 10.6 Å². The predicted octanol–water partition coefficient (Wildman–Crippen LogP) is 3.31. The maximum atomic E-state index is 11.8. The topological polar surface area (TPSA) is 78.4 Å². The van der Waals surface area contributed by atoms with Gasteiger partial charge in [-0.25, -0.2) is 4.79 Å². The summed E-state index contributed by atoms with van der Waals surface area (Å²) in [5.41, 5.74) is 0.997. The van der Waals surface area contributed by atoms with Crippen molar-refractivity contribution in [3.63, 3.8) is 0 Å². The molecule has 3 N–H and O–H groups in total. The smallest absolute Gasteiger partial charge is 0.315 e. The van der Waals surface area contributed by atoms with E-state index in [-0.39, 0.29) is 24.4 Å². The first-order valence-corrected chi connectivity index (χ1v) is 7.73. The molecule has 2 atom stereocenters. The van der Waals surface area contributed by atoms with Crippen molar-refractivity contribution in [1.29, 1.82) is 0 Å². The normalized spacial score (nSPS) is 13.3. The van der Waals surface area contributed by atoms with Crippen LogP contribution in [0.1, 0.15) is 38.3 Å². The van der Waals surface area contributed by atoms with Crippen LogP contribution in [0, 0.1) is 5.92 Å². The van der Waals surface area contributed by atoms with Crippen molar-refractivity contribution < 1.29 is 14.7 Å². The highest BCUT2D eigenvalue weighted by molar-refractivity contribution is 9.10. The average molecular weight is 357 g/mol. The van der Waals surface area contributed by atoms with Gasteiger partial charge in [-0.2, -0.15) is 0 Å². The molecule has 6 heteroatoms. The van der Waals surface area contributed by atoms with Gasteiger partial charge in [0.05, 0.1) is 6.04 Å². The zero-order valence-corrected chi connectivity index (χ0v) is 13.8. The van der Waals surface area contributed by atoms with Crippen molar-refractivity contribution in [2.75, 3.05) is 6.54 Å². The number of urea groups is 1. The summed E-state index contributed by atoms with van der Waals surface area (Å²) in [5, 5.41) is 14.3. The number of nitrogens with one attached hydrogen (secondary N) is 2. The molecule has 5 nitrogen and oxygen atoms in total. The van der Waals surface area contributed by atoms with Crippen LogP contribution in [0.4, 0.5) is 4.79 Å². The molecule has 1 aromatic rings. The van der Waals surface area contributed by atoms with Gasteiger partial charge in [-0.1, -0.05) is 41.4 Å². The Bertz CT molecular complexity index is 494. The summed E-state index contributed by atoms with van der Waals surface area (Å²) in [6, 6.07) is 7.32. The Morgan fingerprint density at radius 2 is 2.10 bits per heavy atom. The van der Waals surface area contributed by atoms with Crippen molar-refractivity contribution >= 4 is 27.9 Å². The van der Waals surface area contributed by atoms with E-state index in [9.17, 15) is 9.59 Å². The number of carbonyl (C=O) groups is 2. The lowest BCUT2D eigenvalue weighted by Gasteiger charge is -2.17. The molecule has 2 unspecified atom stereocenters. The van der Waals surface area contributed by atoms with E-state index in [4.69, 9.17) is 5.11 Å². The van der Waals surface area contributed by atoms with Crippen LogP contribution in [0.5, 0.6) is 0 Å². The summed E-state index contributed by atoms with van der Waals surface area (Å²) < 4.78 is 0.960. The monoisotopic (exact) mass is 356 g/mol. The minimum absolute atomic E-state index is 0.0468. The lowest BCUT2D eigenvalue weighted by atomic mass is 10.0. The maximum Gasteiger partial charge on any atom is 0.315 e. The van der Waals surface area contributed by atoms with Gasteiger partial charge in [0.1, 0.15) is 0 Å². The van der Waals surface area contributed by atoms with Crippen molar-refractivity contribution in [3.05, 3.63) is 34.3 Å². The first kappa shape index (κ1) is 17.5. The number of benzene rings is 1. The van der Waals surface area contributed by atoms with E-state index in [0.717, 1.165) is 10.0 Å². The van der Waals surface area contributed by atoms with E-state index < -0.39 is 5.97 Å². The van der Waals surface area contributed by atoms with Crippen LogP contribution in [-0.2, 0) is 4.79 Å². The highest BCUT2D eigenvalue weighted by Gasteiger charge is 2.14. The molecule has 0 aromatic heterocycles. The van der Waals surface area contributed by atoms with Gasteiger partial charge in [-0.3, -0.25) is 4.79 Å². The van der Waals surface area contributed by atoms with Gasteiger partial charge in [0, 0.05) is 17.4 Å². The molecule has 1 aromatic carbocycles. The van der Waals surface area contributed by atoms with Gasteiger partial charge in [0.15, 0.2) is 0 Å². The van der Waals surface area contributed by atoms with Crippen LogP contribution in [-0.4, -0.2) is 23.7 Å². The molecule has 0 aliphatic carbocycles. The molecule has 21 heavy (non-hydrogen) atoms. The summed E-state index contributed by atoms with van der Waals surface area (Å²) in [7, 11) is 0. The Kier molecular flexibility index (Phi) is 7.22. The molecule has 0 saturated heterocycles. The van der Waals surface area contributed by atoms with Gasteiger partial charge in [0.25, 0.3) is 0 Å². The van der Waals surface area contributed by atoms with Gasteiger partial charge in [-0.15, -0.1) is 0 Å². The minimum atomic E-state index is -0.841. The van der Waals surface area contributed by atoms with Crippen molar-refractivity contribution in [2.24, 2.45) is 5.92 Å². The number of rotatable bonds is 7. The molecule has 0 aliphatic rings. The van der Waals surface area contributed by atoms with Crippen LogP contribution in [0.15, 0.2) is 28.7 Å². The number of carboxylic acid groups (broad SMARTS) is 1. The Hall–Kier alpha value is -1.56. The molecule has 0 aliphatic heterocycles. The maximum absolute atomic E-state index is 11.8.